The predicted octanol–water partition coefficient (Wildman–Crippen LogP) is 5.02. The Morgan fingerprint density at radius 2 is 1.97 bits per heavy atom. The summed E-state index contributed by atoms with van der Waals surface area (Å²) in [6.07, 6.45) is 1.16. The van der Waals surface area contributed by atoms with E-state index in [0.29, 0.717) is 46.6 Å². The highest BCUT2D eigenvalue weighted by molar-refractivity contribution is 7.90. The number of hydrogen-bond acceptors (Lipinski definition) is 6. The largest absolute Gasteiger partial charge is 0.376 e. The van der Waals surface area contributed by atoms with Crippen molar-refractivity contribution >= 4 is 21.1 Å². The van der Waals surface area contributed by atoms with Gasteiger partial charge in [0.05, 0.1) is 39.8 Å². The fourth-order valence-electron chi connectivity index (χ4n) is 4.60. The van der Waals surface area contributed by atoms with Crippen molar-refractivity contribution in [2.24, 2.45) is 5.92 Å². The molecular formula is C22H27F2N3O4S. The number of fused-ring (bicyclic) bond motifs is 1. The molecule has 174 valence electrons. The molecule has 3 heterocycles. The number of rotatable bonds is 6. The molecule has 0 aromatic carbocycles. The van der Waals surface area contributed by atoms with E-state index in [0.717, 1.165) is 5.56 Å². The zero-order valence-corrected chi connectivity index (χ0v) is 19.4. The van der Waals surface area contributed by atoms with Crippen LogP contribution in [0.1, 0.15) is 55.7 Å². The monoisotopic (exact) mass is 467 g/mol. The van der Waals surface area contributed by atoms with Crippen molar-refractivity contribution in [2.75, 3.05) is 12.9 Å². The minimum atomic E-state index is -3.61. The number of aryl methyl sites for hydroxylation is 2. The minimum absolute atomic E-state index is 0.0882. The van der Waals surface area contributed by atoms with Gasteiger partial charge in [-0.15, -0.1) is 0 Å². The Hall–Kier alpha value is -2.33. The third-order valence-electron chi connectivity index (χ3n) is 6.35. The van der Waals surface area contributed by atoms with Crippen LogP contribution in [-0.4, -0.2) is 41.3 Å². The first-order valence-corrected chi connectivity index (χ1v) is 12.3. The van der Waals surface area contributed by atoms with Gasteiger partial charge in [-0.25, -0.2) is 26.2 Å². The summed E-state index contributed by atoms with van der Waals surface area (Å²) < 4.78 is 65.3. The topological polar surface area (TPSA) is 87.2 Å². The molecule has 0 amide bonds. The first-order valence-electron chi connectivity index (χ1n) is 10.7. The van der Waals surface area contributed by atoms with Gasteiger partial charge < -0.3 is 9.26 Å². The summed E-state index contributed by atoms with van der Waals surface area (Å²) in [6.45, 7) is 5.17. The molecule has 0 aliphatic heterocycles. The third kappa shape index (κ3) is 3.94. The van der Waals surface area contributed by atoms with E-state index in [1.54, 1.807) is 26.0 Å². The van der Waals surface area contributed by atoms with Crippen LogP contribution in [0.3, 0.4) is 0 Å². The maximum atomic E-state index is 13.7. The van der Waals surface area contributed by atoms with Gasteiger partial charge in [-0.3, -0.25) is 0 Å². The first kappa shape index (κ1) is 22.8. The molecule has 0 saturated heterocycles. The summed E-state index contributed by atoms with van der Waals surface area (Å²) in [5.74, 6) is -2.31. The van der Waals surface area contributed by atoms with Crippen molar-refractivity contribution in [3.63, 3.8) is 0 Å². The molecule has 1 atom stereocenters. The fraction of sp³-hybridized carbons (Fsp3) is 0.545. The number of alkyl halides is 2. The first-order chi connectivity index (χ1) is 15.1. The van der Waals surface area contributed by atoms with Gasteiger partial charge in [0.15, 0.2) is 0 Å². The van der Waals surface area contributed by atoms with Crippen LogP contribution in [0.5, 0.6) is 0 Å². The normalized spacial score (nSPS) is 18.3. The third-order valence-corrected chi connectivity index (χ3v) is 7.98. The van der Waals surface area contributed by atoms with Crippen molar-refractivity contribution in [1.29, 1.82) is 0 Å². The Kier molecular flexibility index (Phi) is 5.87. The molecular weight excluding hydrogens is 440 g/mol. The van der Waals surface area contributed by atoms with Crippen LogP contribution < -0.4 is 0 Å². The van der Waals surface area contributed by atoms with Gasteiger partial charge in [-0.1, -0.05) is 5.16 Å². The molecule has 32 heavy (non-hydrogen) atoms. The van der Waals surface area contributed by atoms with Crippen LogP contribution in [0.25, 0.3) is 22.3 Å². The maximum absolute atomic E-state index is 13.7. The Morgan fingerprint density at radius 1 is 1.28 bits per heavy atom. The van der Waals surface area contributed by atoms with Gasteiger partial charge >= 0.3 is 0 Å². The number of methoxy groups -OCH3 is 1. The minimum Gasteiger partial charge on any atom is -0.376 e. The Labute approximate surface area is 185 Å². The van der Waals surface area contributed by atoms with Gasteiger partial charge in [-0.05, 0) is 51.7 Å². The average Bonchev–Trinajstić information content (AvgIpc) is 3.29. The molecule has 0 spiro atoms. The molecule has 10 heteroatoms. The molecule has 1 unspecified atom stereocenters. The number of aromatic nitrogens is 3. The summed E-state index contributed by atoms with van der Waals surface area (Å²) in [4.78, 5) is 4.79. The Morgan fingerprint density at radius 3 is 2.53 bits per heavy atom. The van der Waals surface area contributed by atoms with Gasteiger partial charge in [0.1, 0.15) is 5.76 Å². The van der Waals surface area contributed by atoms with Gasteiger partial charge in [0, 0.05) is 31.7 Å². The summed E-state index contributed by atoms with van der Waals surface area (Å²) in [7, 11) is -2.09. The smallest absolute Gasteiger partial charge is 0.248 e. The lowest BCUT2D eigenvalue weighted by atomic mass is 9.81. The molecule has 3 aromatic rings. The molecule has 0 bridgehead atoms. The standard InChI is InChI=1S/C22H27F2N3O4S/c1-5-32(28,29)27-12-16(21(30-4)15-8-10-22(23,24)11-9-15)20-18(27)7-6-17(25-20)19-13(2)26-31-14(19)3/h6-7,12,15,21H,5,8-11H2,1-4H3. The van der Waals surface area contributed by atoms with Crippen molar-refractivity contribution in [3.8, 4) is 11.3 Å². The highest BCUT2D eigenvalue weighted by Crippen LogP contribution is 2.44. The lowest BCUT2D eigenvalue weighted by Gasteiger charge is -2.32. The number of halogens is 2. The van der Waals surface area contributed by atoms with E-state index < -0.39 is 22.0 Å². The lowest BCUT2D eigenvalue weighted by molar-refractivity contribution is -0.0687. The molecule has 1 fully saturated rings. The quantitative estimate of drug-likeness (QED) is 0.506. The average molecular weight is 468 g/mol. The van der Waals surface area contributed by atoms with Crippen molar-refractivity contribution in [2.45, 2.75) is 58.5 Å². The van der Waals surface area contributed by atoms with Gasteiger partial charge in [0.2, 0.25) is 15.9 Å². The van der Waals surface area contributed by atoms with E-state index >= 15 is 0 Å². The second kappa shape index (κ2) is 8.22. The van der Waals surface area contributed by atoms with Crippen LogP contribution in [0, 0.1) is 19.8 Å². The summed E-state index contributed by atoms with van der Waals surface area (Å²) in [6, 6.07) is 3.45. The molecule has 1 aliphatic rings. The van der Waals surface area contributed by atoms with Gasteiger partial charge in [0.25, 0.3) is 0 Å². The summed E-state index contributed by atoms with van der Waals surface area (Å²) >= 11 is 0. The molecule has 3 aromatic heterocycles. The molecule has 4 rings (SSSR count). The highest BCUT2D eigenvalue weighted by atomic mass is 32.2. The Bertz CT molecular complexity index is 1220. The number of ether oxygens (including phenoxy) is 1. The van der Waals surface area contributed by atoms with Gasteiger partial charge in [-0.2, -0.15) is 0 Å². The SMILES string of the molecule is CCS(=O)(=O)n1cc(C(OC)C2CCC(F)(F)CC2)c2nc(-c3c(C)noc3C)ccc21. The van der Waals surface area contributed by atoms with E-state index in [2.05, 4.69) is 5.16 Å². The van der Waals surface area contributed by atoms with Crippen LogP contribution in [0.2, 0.25) is 0 Å². The van der Waals surface area contributed by atoms with Crippen molar-refractivity contribution < 1.29 is 26.5 Å². The molecule has 0 N–H and O–H groups in total. The van der Waals surface area contributed by atoms with Crippen molar-refractivity contribution in [3.05, 3.63) is 35.3 Å². The van der Waals surface area contributed by atoms with Crippen LogP contribution in [0.4, 0.5) is 8.78 Å². The lowest BCUT2D eigenvalue weighted by Crippen LogP contribution is -2.28. The second-order valence-electron chi connectivity index (χ2n) is 8.39. The van der Waals surface area contributed by atoms with Crippen LogP contribution in [-0.2, 0) is 14.8 Å². The fourth-order valence-corrected chi connectivity index (χ4v) is 5.60. The van der Waals surface area contributed by atoms with E-state index in [1.807, 2.05) is 6.92 Å². The zero-order chi connectivity index (χ0) is 23.3. The predicted molar refractivity (Wildman–Crippen MR) is 116 cm³/mol. The van der Waals surface area contributed by atoms with E-state index in [4.69, 9.17) is 14.2 Å². The highest BCUT2D eigenvalue weighted by Gasteiger charge is 2.39. The Balaban J connectivity index is 1.89. The summed E-state index contributed by atoms with van der Waals surface area (Å²) in [5, 5.41) is 3.98. The second-order valence-corrected chi connectivity index (χ2v) is 10.5. The zero-order valence-electron chi connectivity index (χ0n) is 18.6. The van der Waals surface area contributed by atoms with Crippen LogP contribution >= 0.6 is 0 Å². The molecule has 7 nitrogen and oxygen atoms in total. The van der Waals surface area contributed by atoms with Crippen molar-refractivity contribution in [1.82, 2.24) is 14.1 Å². The van der Waals surface area contributed by atoms with E-state index in [9.17, 15) is 17.2 Å². The molecule has 1 saturated carbocycles. The summed E-state index contributed by atoms with van der Waals surface area (Å²) in [5.41, 5.74) is 3.52. The molecule has 1 aliphatic carbocycles. The number of nitrogens with zero attached hydrogens (tertiary/aromatic N) is 3. The molecule has 0 radical (unpaired) electrons. The van der Waals surface area contributed by atoms with Crippen LogP contribution in [0.15, 0.2) is 22.9 Å². The van der Waals surface area contributed by atoms with E-state index in [-0.39, 0.29) is 24.5 Å². The number of pyridine rings is 1. The van der Waals surface area contributed by atoms with E-state index in [1.165, 1.54) is 17.3 Å². The number of hydrogen-bond donors (Lipinski definition) is 0. The maximum Gasteiger partial charge on any atom is 0.248 e.